The topological polar surface area (TPSA) is 112 Å². The molecule has 3 heterocycles. The molecule has 0 radical (unpaired) electrons. The summed E-state index contributed by atoms with van der Waals surface area (Å²) in [5.41, 5.74) is -2.27. The van der Waals surface area contributed by atoms with Gasteiger partial charge in [-0.2, -0.15) is 53.0 Å². The second-order valence-corrected chi connectivity index (χ2v) is 11.3. The van der Waals surface area contributed by atoms with Gasteiger partial charge in [0.1, 0.15) is 5.15 Å². The lowest BCUT2D eigenvalue weighted by molar-refractivity contribution is -0.307. The van der Waals surface area contributed by atoms with E-state index in [1.54, 1.807) is 11.8 Å². The minimum Gasteiger partial charge on any atom is -0.356 e. The highest BCUT2D eigenvalue weighted by atomic mass is 35.5. The number of amides is 1. The summed E-state index contributed by atoms with van der Waals surface area (Å²) >= 11 is 6.09. The number of alkyl halides is 10. The minimum absolute atomic E-state index is 0.00403. The molecule has 1 aliphatic rings. The van der Waals surface area contributed by atoms with Crippen molar-refractivity contribution in [3.63, 3.8) is 0 Å². The number of rotatable bonds is 8. The van der Waals surface area contributed by atoms with Crippen molar-refractivity contribution in [2.24, 2.45) is 7.05 Å². The minimum atomic E-state index is -7.60. The predicted octanol–water partition coefficient (Wildman–Crippen LogP) is 5.46. The van der Waals surface area contributed by atoms with E-state index in [9.17, 15) is 57.1 Å². The maximum atomic E-state index is 14.2. The van der Waals surface area contributed by atoms with Crippen LogP contribution in [0.5, 0.6) is 5.88 Å². The quantitative estimate of drug-likeness (QED) is 0.176. The predicted molar refractivity (Wildman–Crippen MR) is 129 cm³/mol. The van der Waals surface area contributed by atoms with E-state index < -0.39 is 56.8 Å². The first-order valence-corrected chi connectivity index (χ1v) is 13.8. The van der Waals surface area contributed by atoms with Crippen LogP contribution >= 0.6 is 11.6 Å². The molecule has 22 heteroatoms. The highest BCUT2D eigenvalue weighted by Crippen LogP contribution is 2.51. The van der Waals surface area contributed by atoms with Crippen LogP contribution in [0.1, 0.15) is 35.7 Å². The zero-order chi connectivity index (χ0) is 33.2. The van der Waals surface area contributed by atoms with Gasteiger partial charge in [-0.3, -0.25) is 4.79 Å². The number of aromatic nitrogens is 5. The highest BCUT2D eigenvalue weighted by molar-refractivity contribution is 7.88. The summed E-state index contributed by atoms with van der Waals surface area (Å²) in [7, 11) is -6.91. The third kappa shape index (κ3) is 5.66. The van der Waals surface area contributed by atoms with E-state index in [-0.39, 0.29) is 32.6 Å². The van der Waals surface area contributed by atoms with Crippen LogP contribution in [-0.2, 0) is 23.3 Å². The van der Waals surface area contributed by atoms with Crippen molar-refractivity contribution in [3.05, 3.63) is 40.9 Å². The largest absolute Gasteiger partial charge is 0.450 e. The van der Waals surface area contributed by atoms with E-state index in [1.807, 2.05) is 0 Å². The molecule has 44 heavy (non-hydrogen) atoms. The molecule has 3 aromatic heterocycles. The number of halogens is 11. The molecule has 0 spiro atoms. The lowest BCUT2D eigenvalue weighted by Crippen LogP contribution is -2.60. The van der Waals surface area contributed by atoms with Gasteiger partial charge in [-0.25, -0.2) is 18.7 Å². The number of hydrogen-bond donors (Lipinski definition) is 0. The molecule has 1 fully saturated rings. The van der Waals surface area contributed by atoms with Crippen LogP contribution in [0.4, 0.5) is 43.9 Å². The molecule has 1 saturated carbocycles. The van der Waals surface area contributed by atoms with Gasteiger partial charge in [0, 0.05) is 43.2 Å². The van der Waals surface area contributed by atoms with Crippen molar-refractivity contribution in [1.82, 2.24) is 29.4 Å². The Morgan fingerprint density at radius 1 is 1.05 bits per heavy atom. The normalized spacial score (nSPS) is 15.0. The second kappa shape index (κ2) is 10.8. The van der Waals surface area contributed by atoms with Crippen LogP contribution in [0, 0.1) is 0 Å². The van der Waals surface area contributed by atoms with Gasteiger partial charge in [0.25, 0.3) is 11.8 Å². The summed E-state index contributed by atoms with van der Waals surface area (Å²) in [6, 6.07) is 1.27. The Bertz CT molecular complexity index is 1680. The molecule has 0 aliphatic heterocycles. The standard InChI is InChI=1S/C22H17ClF10N6O4S/c1-3-38(12-4-5-12)18(40)13-6-10(7-34-15(13)23)11-8-35-39(9-11)17-14(19(24,25)26)16(36-37(17)2)43-44(41,42)20(27,21(28,29)30)22(31,32)33/h6-9,12H,3-5H2,1-2H3. The average Bonchev–Trinajstić information content (AvgIpc) is 3.49. The first-order valence-electron chi connectivity index (χ1n) is 12.0. The lowest BCUT2D eigenvalue weighted by atomic mass is 10.1. The Labute approximate surface area is 245 Å². The molecule has 4 rings (SSSR count). The summed E-state index contributed by atoms with van der Waals surface area (Å²) in [5, 5.41) is -0.661. The zero-order valence-electron chi connectivity index (χ0n) is 21.9. The summed E-state index contributed by atoms with van der Waals surface area (Å²) in [6.07, 6.45) is -15.7. The maximum Gasteiger partial charge on any atom is 0.450 e. The van der Waals surface area contributed by atoms with Gasteiger partial charge in [0.15, 0.2) is 11.4 Å². The molecule has 3 aromatic rings. The van der Waals surface area contributed by atoms with Crippen molar-refractivity contribution < 1.29 is 61.3 Å². The number of nitrogens with zero attached hydrogens (tertiary/aromatic N) is 6. The summed E-state index contributed by atoms with van der Waals surface area (Å²) < 4.78 is 162. The van der Waals surface area contributed by atoms with E-state index >= 15 is 0 Å². The SMILES string of the molecule is CCN(C(=O)c1cc(-c2cnn(-c3c(C(F)(F)F)c(OS(=O)(=O)C(F)(C(F)(F)F)C(F)(F)F)nn3C)c2)cnc1Cl)C1CC1. The van der Waals surface area contributed by atoms with Gasteiger partial charge >= 0.3 is 33.6 Å². The third-order valence-electron chi connectivity index (χ3n) is 6.32. The molecule has 242 valence electrons. The van der Waals surface area contributed by atoms with E-state index in [0.717, 1.165) is 31.4 Å². The Balaban J connectivity index is 1.78. The first kappa shape index (κ1) is 33.3. The van der Waals surface area contributed by atoms with Crippen LogP contribution in [0.2, 0.25) is 5.15 Å². The van der Waals surface area contributed by atoms with Gasteiger partial charge in [0.2, 0.25) is 0 Å². The van der Waals surface area contributed by atoms with E-state index in [2.05, 4.69) is 19.4 Å². The molecule has 10 nitrogen and oxygen atoms in total. The Hall–Kier alpha value is -3.62. The fraction of sp³-hybridized carbons (Fsp3) is 0.455. The van der Waals surface area contributed by atoms with Crippen molar-refractivity contribution >= 4 is 27.6 Å². The maximum absolute atomic E-state index is 14.2. The summed E-state index contributed by atoms with van der Waals surface area (Å²) in [5.74, 6) is -4.07. The van der Waals surface area contributed by atoms with Crippen LogP contribution in [0.3, 0.4) is 0 Å². The fourth-order valence-corrected chi connectivity index (χ4v) is 5.31. The number of hydrogen-bond acceptors (Lipinski definition) is 7. The fourth-order valence-electron chi connectivity index (χ4n) is 4.12. The van der Waals surface area contributed by atoms with Crippen molar-refractivity contribution in [1.29, 1.82) is 0 Å². The van der Waals surface area contributed by atoms with E-state index in [0.29, 0.717) is 18.3 Å². The van der Waals surface area contributed by atoms with Crippen LogP contribution in [0.25, 0.3) is 16.9 Å². The molecule has 0 N–H and O–H groups in total. The van der Waals surface area contributed by atoms with Gasteiger partial charge in [-0.1, -0.05) is 11.6 Å². The number of pyridine rings is 1. The molecule has 0 atom stereocenters. The molecule has 1 aliphatic carbocycles. The lowest BCUT2D eigenvalue weighted by Gasteiger charge is -2.28. The number of carbonyl (C=O) groups is 1. The Morgan fingerprint density at radius 3 is 2.14 bits per heavy atom. The monoisotopic (exact) mass is 686 g/mol. The molecule has 0 unspecified atom stereocenters. The molecular formula is C22H17ClF10N6O4S. The molecule has 0 bridgehead atoms. The smallest absolute Gasteiger partial charge is 0.356 e. The van der Waals surface area contributed by atoms with E-state index in [4.69, 9.17) is 11.6 Å². The summed E-state index contributed by atoms with van der Waals surface area (Å²) in [6.45, 7) is 2.08. The Kier molecular flexibility index (Phi) is 8.15. The van der Waals surface area contributed by atoms with Gasteiger partial charge in [-0.05, 0) is 25.8 Å². The Morgan fingerprint density at radius 2 is 1.64 bits per heavy atom. The second-order valence-electron chi connectivity index (χ2n) is 9.31. The van der Waals surface area contributed by atoms with Crippen LogP contribution < -0.4 is 4.18 Å². The molecule has 1 amide bonds. The van der Waals surface area contributed by atoms with Crippen molar-refractivity contribution in [3.8, 4) is 22.8 Å². The number of aryl methyl sites for hydroxylation is 1. The average molecular weight is 687 g/mol. The van der Waals surface area contributed by atoms with E-state index in [1.165, 1.54) is 6.07 Å². The molecular weight excluding hydrogens is 670 g/mol. The third-order valence-corrected chi connectivity index (χ3v) is 8.15. The first-order chi connectivity index (χ1) is 20.0. The van der Waals surface area contributed by atoms with Crippen LogP contribution in [0.15, 0.2) is 24.7 Å². The van der Waals surface area contributed by atoms with Crippen molar-refractivity contribution in [2.75, 3.05) is 6.54 Å². The van der Waals surface area contributed by atoms with Gasteiger partial charge in [0.05, 0.1) is 11.8 Å². The van der Waals surface area contributed by atoms with Crippen molar-refractivity contribution in [2.45, 2.75) is 49.3 Å². The number of carbonyl (C=O) groups excluding carboxylic acids is 1. The summed E-state index contributed by atoms with van der Waals surface area (Å²) in [4.78, 5) is 18.5. The van der Waals surface area contributed by atoms with Gasteiger partial charge in [-0.15, -0.1) is 5.10 Å². The van der Waals surface area contributed by atoms with Crippen LogP contribution in [-0.4, -0.2) is 73.7 Å². The molecule has 0 saturated heterocycles. The zero-order valence-corrected chi connectivity index (χ0v) is 23.5. The van der Waals surface area contributed by atoms with Gasteiger partial charge < -0.3 is 9.08 Å². The highest BCUT2D eigenvalue weighted by Gasteiger charge is 2.82. The molecule has 0 aromatic carbocycles.